The third-order valence-corrected chi connectivity index (χ3v) is 3.80. The number of nitrogens with zero attached hydrogens (tertiary/aromatic N) is 2. The summed E-state index contributed by atoms with van der Waals surface area (Å²) in [5.41, 5.74) is 7.42. The van der Waals surface area contributed by atoms with E-state index in [1.807, 2.05) is 0 Å². The molecule has 1 aromatic carbocycles. The minimum atomic E-state index is -0.249. The van der Waals surface area contributed by atoms with Crippen LogP contribution >= 0.6 is 0 Å². The van der Waals surface area contributed by atoms with Gasteiger partial charge in [0.15, 0.2) is 0 Å². The number of fused-ring (bicyclic) bond motifs is 1. The zero-order valence-corrected chi connectivity index (χ0v) is 11.2. The minimum Gasteiger partial charge on any atom is -0.329 e. The maximum atomic E-state index is 13.3. The van der Waals surface area contributed by atoms with Crippen molar-refractivity contribution >= 4 is 11.0 Å². The first-order valence-corrected chi connectivity index (χ1v) is 6.42. The lowest BCUT2D eigenvalue weighted by Crippen LogP contribution is -2.34. The fourth-order valence-electron chi connectivity index (χ4n) is 2.28. The fourth-order valence-corrected chi connectivity index (χ4v) is 2.28. The van der Waals surface area contributed by atoms with E-state index in [9.17, 15) is 4.39 Å². The molecule has 1 aromatic heterocycles. The summed E-state index contributed by atoms with van der Waals surface area (Å²) < 4.78 is 15.4. The minimum absolute atomic E-state index is 0.161. The van der Waals surface area contributed by atoms with Crippen LogP contribution in [0.3, 0.4) is 0 Å². The first kappa shape index (κ1) is 13.0. The van der Waals surface area contributed by atoms with Crippen LogP contribution in [0.25, 0.3) is 11.0 Å². The van der Waals surface area contributed by atoms with Crippen LogP contribution in [0.5, 0.6) is 0 Å². The van der Waals surface area contributed by atoms with Crippen molar-refractivity contribution in [1.82, 2.24) is 9.55 Å². The highest BCUT2D eigenvalue weighted by Gasteiger charge is 2.29. The predicted molar refractivity (Wildman–Crippen MR) is 72.1 cm³/mol. The Hall–Kier alpha value is -1.42. The Morgan fingerprint density at radius 2 is 2.11 bits per heavy atom. The summed E-state index contributed by atoms with van der Waals surface area (Å²) in [6, 6.07) is 4.75. The summed E-state index contributed by atoms with van der Waals surface area (Å²) in [7, 11) is 0. The van der Waals surface area contributed by atoms with Crippen LogP contribution < -0.4 is 5.73 Å². The highest BCUT2D eigenvalue weighted by molar-refractivity contribution is 5.76. The summed E-state index contributed by atoms with van der Waals surface area (Å²) in [4.78, 5) is 4.60. The van der Waals surface area contributed by atoms with Gasteiger partial charge in [0.25, 0.3) is 0 Å². The second kappa shape index (κ2) is 4.69. The smallest absolute Gasteiger partial charge is 0.125 e. The van der Waals surface area contributed by atoms with E-state index in [0.29, 0.717) is 12.1 Å². The molecule has 98 valence electrons. The number of halogens is 1. The molecular weight excluding hydrogens is 229 g/mol. The Labute approximate surface area is 107 Å². The number of nitrogens with two attached hydrogens (primary N) is 1. The summed E-state index contributed by atoms with van der Waals surface area (Å²) in [6.07, 6.45) is 0.912. The van der Waals surface area contributed by atoms with E-state index in [4.69, 9.17) is 5.73 Å². The highest BCUT2D eigenvalue weighted by atomic mass is 19.1. The topological polar surface area (TPSA) is 43.8 Å². The molecule has 0 bridgehead atoms. The van der Waals surface area contributed by atoms with Crippen LogP contribution in [0, 0.1) is 5.82 Å². The average Bonchev–Trinajstić information content (AvgIpc) is 2.75. The molecule has 1 atom stereocenters. The lowest BCUT2D eigenvalue weighted by Gasteiger charge is -2.26. The molecule has 2 rings (SSSR count). The summed E-state index contributed by atoms with van der Waals surface area (Å²) in [5, 5.41) is 0. The number of hydrogen-bond donors (Lipinski definition) is 1. The van der Waals surface area contributed by atoms with Crippen molar-refractivity contribution in [2.24, 2.45) is 5.73 Å². The summed E-state index contributed by atoms with van der Waals surface area (Å²) >= 11 is 0. The molecule has 1 heterocycles. The van der Waals surface area contributed by atoms with E-state index in [2.05, 4.69) is 30.3 Å². The Morgan fingerprint density at radius 1 is 1.39 bits per heavy atom. The van der Waals surface area contributed by atoms with Gasteiger partial charge >= 0.3 is 0 Å². The average molecular weight is 249 g/mol. The molecule has 0 spiro atoms. The Kier molecular flexibility index (Phi) is 3.39. The normalized spacial score (nSPS) is 14.9. The van der Waals surface area contributed by atoms with Gasteiger partial charge in [-0.1, -0.05) is 13.8 Å². The monoisotopic (exact) mass is 249 g/mol. The molecule has 2 aromatic rings. The number of hydrogen-bond acceptors (Lipinski definition) is 2. The van der Waals surface area contributed by atoms with Gasteiger partial charge in [0.05, 0.1) is 11.0 Å². The zero-order chi connectivity index (χ0) is 13.3. The maximum Gasteiger partial charge on any atom is 0.125 e. The lowest BCUT2D eigenvalue weighted by atomic mass is 9.86. The highest BCUT2D eigenvalue weighted by Crippen LogP contribution is 2.29. The van der Waals surface area contributed by atoms with Crippen molar-refractivity contribution in [1.29, 1.82) is 0 Å². The van der Waals surface area contributed by atoms with Gasteiger partial charge in [0, 0.05) is 24.6 Å². The Morgan fingerprint density at radius 3 is 2.67 bits per heavy atom. The van der Waals surface area contributed by atoms with Crippen molar-refractivity contribution in [3.63, 3.8) is 0 Å². The summed E-state index contributed by atoms with van der Waals surface area (Å²) in [5.74, 6) is 0.705. The van der Waals surface area contributed by atoms with E-state index in [1.54, 1.807) is 6.07 Å². The van der Waals surface area contributed by atoms with Gasteiger partial charge in [0.1, 0.15) is 11.6 Å². The fraction of sp³-hybridized carbons (Fsp3) is 0.500. The second-order valence-electron chi connectivity index (χ2n) is 4.93. The zero-order valence-electron chi connectivity index (χ0n) is 11.2. The van der Waals surface area contributed by atoms with Gasteiger partial charge in [-0.3, -0.25) is 0 Å². The molecule has 0 fully saturated rings. The van der Waals surface area contributed by atoms with Crippen LogP contribution in [-0.4, -0.2) is 16.1 Å². The van der Waals surface area contributed by atoms with Crippen LogP contribution in [0.1, 0.15) is 33.0 Å². The van der Waals surface area contributed by atoms with Crippen LogP contribution in [0.4, 0.5) is 4.39 Å². The van der Waals surface area contributed by atoms with E-state index in [0.717, 1.165) is 24.3 Å². The molecule has 0 radical (unpaired) electrons. The van der Waals surface area contributed by atoms with Crippen molar-refractivity contribution in [3.05, 3.63) is 29.8 Å². The van der Waals surface area contributed by atoms with Crippen molar-refractivity contribution in [3.8, 4) is 0 Å². The summed E-state index contributed by atoms with van der Waals surface area (Å²) in [6.45, 7) is 7.63. The molecule has 0 aliphatic heterocycles. The SMILES string of the molecule is CCn1c(C(C)(CC)CN)nc2cc(F)ccc21. The van der Waals surface area contributed by atoms with E-state index >= 15 is 0 Å². The quantitative estimate of drug-likeness (QED) is 0.905. The van der Waals surface area contributed by atoms with Gasteiger partial charge in [0.2, 0.25) is 0 Å². The molecule has 0 aliphatic carbocycles. The molecule has 2 N–H and O–H groups in total. The number of benzene rings is 1. The number of imidazole rings is 1. The number of aromatic nitrogens is 2. The molecule has 18 heavy (non-hydrogen) atoms. The second-order valence-corrected chi connectivity index (χ2v) is 4.93. The van der Waals surface area contributed by atoms with Crippen LogP contribution in [0.2, 0.25) is 0 Å². The molecule has 1 unspecified atom stereocenters. The van der Waals surface area contributed by atoms with Crippen LogP contribution in [-0.2, 0) is 12.0 Å². The Balaban J connectivity index is 2.71. The number of rotatable bonds is 4. The van der Waals surface area contributed by atoms with E-state index in [1.165, 1.54) is 12.1 Å². The molecule has 0 amide bonds. The van der Waals surface area contributed by atoms with Crippen molar-refractivity contribution in [2.75, 3.05) is 6.54 Å². The van der Waals surface area contributed by atoms with Gasteiger partial charge < -0.3 is 10.3 Å². The third kappa shape index (κ3) is 1.90. The Bertz CT molecular complexity index is 555. The first-order valence-electron chi connectivity index (χ1n) is 6.42. The predicted octanol–water partition coefficient (Wildman–Crippen LogP) is 2.82. The molecule has 0 saturated heterocycles. The lowest BCUT2D eigenvalue weighted by molar-refractivity contribution is 0.420. The van der Waals surface area contributed by atoms with Crippen LogP contribution in [0.15, 0.2) is 18.2 Å². The standard InChI is InChI=1S/C14H20FN3/c1-4-14(3,9-16)13-17-11-8-10(15)6-7-12(11)18(13)5-2/h6-8H,4-5,9,16H2,1-3H3. The molecule has 0 aliphatic rings. The van der Waals surface area contributed by atoms with E-state index < -0.39 is 0 Å². The van der Waals surface area contributed by atoms with Crippen molar-refractivity contribution in [2.45, 2.75) is 39.2 Å². The molecular formula is C14H20FN3. The van der Waals surface area contributed by atoms with Gasteiger partial charge in [-0.25, -0.2) is 9.37 Å². The molecule has 0 saturated carbocycles. The van der Waals surface area contributed by atoms with Crippen molar-refractivity contribution < 1.29 is 4.39 Å². The van der Waals surface area contributed by atoms with Gasteiger partial charge in [-0.15, -0.1) is 0 Å². The largest absolute Gasteiger partial charge is 0.329 e. The first-order chi connectivity index (χ1) is 8.55. The molecule has 4 heteroatoms. The van der Waals surface area contributed by atoms with E-state index in [-0.39, 0.29) is 11.2 Å². The third-order valence-electron chi connectivity index (χ3n) is 3.80. The molecule has 3 nitrogen and oxygen atoms in total. The maximum absolute atomic E-state index is 13.3. The van der Waals surface area contributed by atoms with Gasteiger partial charge in [-0.2, -0.15) is 0 Å². The van der Waals surface area contributed by atoms with Gasteiger partial charge in [-0.05, 0) is 25.5 Å². The number of aryl methyl sites for hydroxylation is 1.